The van der Waals surface area contributed by atoms with Gasteiger partial charge < -0.3 is 14.7 Å². The molecule has 19 heavy (non-hydrogen) atoms. The number of ether oxygens (including phenoxy) is 1. The van der Waals surface area contributed by atoms with Crippen molar-refractivity contribution >= 4 is 11.8 Å². The highest BCUT2D eigenvalue weighted by molar-refractivity contribution is 5.93. The standard InChI is InChI=1S/C14H18N2O3/c17-14(18)11-9-10-3-1-2-4-12(10)15-13(11)16-5-7-19-8-6-16/h9H,1-8H2,(H,17,18). The number of carboxylic acids is 1. The van der Waals surface area contributed by atoms with Crippen molar-refractivity contribution in [3.63, 3.8) is 0 Å². The molecule has 0 amide bonds. The Morgan fingerprint density at radius 2 is 2.00 bits per heavy atom. The monoisotopic (exact) mass is 262 g/mol. The van der Waals surface area contributed by atoms with Crippen molar-refractivity contribution in [3.05, 3.63) is 22.9 Å². The topological polar surface area (TPSA) is 62.7 Å². The molecule has 1 N–H and O–H groups in total. The summed E-state index contributed by atoms with van der Waals surface area (Å²) in [5.74, 6) is -0.265. The molecule has 1 aromatic rings. The smallest absolute Gasteiger partial charge is 0.339 e. The Morgan fingerprint density at radius 3 is 2.74 bits per heavy atom. The van der Waals surface area contributed by atoms with Crippen molar-refractivity contribution in [1.82, 2.24) is 4.98 Å². The molecule has 0 radical (unpaired) electrons. The molecule has 0 spiro atoms. The number of carbonyl (C=O) groups is 1. The van der Waals surface area contributed by atoms with Crippen LogP contribution in [0.2, 0.25) is 0 Å². The third kappa shape index (κ3) is 2.42. The molecule has 1 aliphatic carbocycles. The Hall–Kier alpha value is -1.62. The van der Waals surface area contributed by atoms with Gasteiger partial charge in [-0.3, -0.25) is 0 Å². The number of anilines is 1. The van der Waals surface area contributed by atoms with Crippen LogP contribution in [-0.4, -0.2) is 42.4 Å². The number of rotatable bonds is 2. The van der Waals surface area contributed by atoms with E-state index in [2.05, 4.69) is 4.98 Å². The van der Waals surface area contributed by atoms with Gasteiger partial charge in [0.2, 0.25) is 0 Å². The fourth-order valence-electron chi connectivity index (χ4n) is 2.80. The second-order valence-corrected chi connectivity index (χ2v) is 5.08. The maximum Gasteiger partial charge on any atom is 0.339 e. The molecular formula is C14H18N2O3. The second kappa shape index (κ2) is 5.17. The first kappa shape index (κ1) is 12.4. The molecule has 5 nitrogen and oxygen atoms in total. The minimum absolute atomic E-state index is 0.336. The molecule has 1 saturated heterocycles. The number of aromatic carboxylic acids is 1. The fourth-order valence-corrected chi connectivity index (χ4v) is 2.80. The van der Waals surface area contributed by atoms with Gasteiger partial charge in [0, 0.05) is 18.8 Å². The van der Waals surface area contributed by atoms with E-state index in [4.69, 9.17) is 4.74 Å². The zero-order chi connectivity index (χ0) is 13.2. The molecule has 5 heteroatoms. The zero-order valence-electron chi connectivity index (χ0n) is 10.9. The van der Waals surface area contributed by atoms with Gasteiger partial charge in [0.25, 0.3) is 0 Å². The van der Waals surface area contributed by atoms with Gasteiger partial charge in [-0.25, -0.2) is 9.78 Å². The SMILES string of the molecule is O=C(O)c1cc2c(nc1N1CCOCC1)CCCC2. The van der Waals surface area contributed by atoms with Gasteiger partial charge in [0.15, 0.2) is 0 Å². The lowest BCUT2D eigenvalue weighted by atomic mass is 9.94. The van der Waals surface area contributed by atoms with Crippen molar-refractivity contribution in [2.75, 3.05) is 31.2 Å². The van der Waals surface area contributed by atoms with Gasteiger partial charge in [0.1, 0.15) is 11.4 Å². The summed E-state index contributed by atoms with van der Waals surface area (Å²) >= 11 is 0. The van der Waals surface area contributed by atoms with Crippen LogP contribution in [-0.2, 0) is 17.6 Å². The average Bonchev–Trinajstić information content (AvgIpc) is 2.46. The number of aromatic nitrogens is 1. The third-order valence-corrected chi connectivity index (χ3v) is 3.82. The van der Waals surface area contributed by atoms with Crippen LogP contribution in [0.5, 0.6) is 0 Å². The minimum Gasteiger partial charge on any atom is -0.478 e. The summed E-state index contributed by atoms with van der Waals surface area (Å²) in [5, 5.41) is 9.40. The van der Waals surface area contributed by atoms with E-state index in [-0.39, 0.29) is 0 Å². The normalized spacial score (nSPS) is 19.1. The van der Waals surface area contributed by atoms with Crippen LogP contribution in [0.25, 0.3) is 0 Å². The lowest BCUT2D eigenvalue weighted by molar-refractivity contribution is 0.0695. The quantitative estimate of drug-likeness (QED) is 0.875. The molecule has 1 aromatic heterocycles. The Kier molecular flexibility index (Phi) is 3.38. The predicted octanol–water partition coefficient (Wildman–Crippen LogP) is 1.50. The summed E-state index contributed by atoms with van der Waals surface area (Å²) in [7, 11) is 0. The first-order valence-electron chi connectivity index (χ1n) is 6.84. The first-order valence-corrected chi connectivity index (χ1v) is 6.84. The summed E-state index contributed by atoms with van der Waals surface area (Å²) in [6.07, 6.45) is 4.19. The number of carboxylic acid groups (broad SMARTS) is 1. The van der Waals surface area contributed by atoms with E-state index in [1.54, 1.807) is 0 Å². The lowest BCUT2D eigenvalue weighted by Gasteiger charge is -2.30. The number of pyridine rings is 1. The Balaban J connectivity index is 2.02. The van der Waals surface area contributed by atoms with Gasteiger partial charge in [-0.2, -0.15) is 0 Å². The summed E-state index contributed by atoms with van der Waals surface area (Å²) in [6, 6.07) is 1.83. The van der Waals surface area contributed by atoms with Gasteiger partial charge in [0.05, 0.1) is 13.2 Å². The van der Waals surface area contributed by atoms with E-state index in [0.29, 0.717) is 37.7 Å². The predicted molar refractivity (Wildman–Crippen MR) is 70.9 cm³/mol. The molecule has 0 atom stereocenters. The maximum atomic E-state index is 11.5. The molecule has 0 saturated carbocycles. The molecule has 3 rings (SSSR count). The largest absolute Gasteiger partial charge is 0.478 e. The van der Waals surface area contributed by atoms with Crippen molar-refractivity contribution in [1.29, 1.82) is 0 Å². The highest BCUT2D eigenvalue weighted by Gasteiger charge is 2.23. The Bertz CT molecular complexity index is 496. The maximum absolute atomic E-state index is 11.5. The summed E-state index contributed by atoms with van der Waals surface area (Å²) in [4.78, 5) is 18.1. The number of aryl methyl sites for hydroxylation is 2. The third-order valence-electron chi connectivity index (χ3n) is 3.82. The molecule has 2 heterocycles. The number of hydrogen-bond donors (Lipinski definition) is 1. The second-order valence-electron chi connectivity index (χ2n) is 5.08. The van der Waals surface area contributed by atoms with Crippen LogP contribution in [0.1, 0.15) is 34.5 Å². The van der Waals surface area contributed by atoms with Crippen LogP contribution in [0.4, 0.5) is 5.82 Å². The van der Waals surface area contributed by atoms with Crippen molar-refractivity contribution < 1.29 is 14.6 Å². The molecule has 1 fully saturated rings. The van der Waals surface area contributed by atoms with E-state index in [9.17, 15) is 9.90 Å². The average molecular weight is 262 g/mol. The van der Waals surface area contributed by atoms with E-state index in [1.165, 1.54) is 0 Å². The molecule has 0 unspecified atom stereocenters. The zero-order valence-corrected chi connectivity index (χ0v) is 10.9. The van der Waals surface area contributed by atoms with Crippen molar-refractivity contribution in [3.8, 4) is 0 Å². The van der Waals surface area contributed by atoms with E-state index in [0.717, 1.165) is 36.9 Å². The van der Waals surface area contributed by atoms with Gasteiger partial charge >= 0.3 is 5.97 Å². The molecular weight excluding hydrogens is 244 g/mol. The molecule has 0 bridgehead atoms. The van der Waals surface area contributed by atoms with Crippen LogP contribution in [0.3, 0.4) is 0 Å². The molecule has 0 aromatic carbocycles. The fraction of sp³-hybridized carbons (Fsp3) is 0.571. The van der Waals surface area contributed by atoms with Crippen LogP contribution in [0, 0.1) is 0 Å². The molecule has 2 aliphatic rings. The number of nitrogens with zero attached hydrogens (tertiary/aromatic N) is 2. The first-order chi connectivity index (χ1) is 9.25. The summed E-state index contributed by atoms with van der Waals surface area (Å²) in [6.45, 7) is 2.70. The van der Waals surface area contributed by atoms with Crippen molar-refractivity contribution in [2.24, 2.45) is 0 Å². The van der Waals surface area contributed by atoms with Gasteiger partial charge in [-0.15, -0.1) is 0 Å². The van der Waals surface area contributed by atoms with Gasteiger partial charge in [-0.05, 0) is 37.3 Å². The van der Waals surface area contributed by atoms with E-state index in [1.807, 2.05) is 11.0 Å². The van der Waals surface area contributed by atoms with Crippen molar-refractivity contribution in [2.45, 2.75) is 25.7 Å². The molecule has 1 aliphatic heterocycles. The number of morpholine rings is 1. The lowest BCUT2D eigenvalue weighted by Crippen LogP contribution is -2.38. The van der Waals surface area contributed by atoms with Crippen LogP contribution < -0.4 is 4.90 Å². The number of hydrogen-bond acceptors (Lipinski definition) is 4. The van der Waals surface area contributed by atoms with Crippen LogP contribution >= 0.6 is 0 Å². The summed E-state index contributed by atoms with van der Waals surface area (Å²) < 4.78 is 5.32. The van der Waals surface area contributed by atoms with E-state index < -0.39 is 5.97 Å². The Morgan fingerprint density at radius 1 is 1.26 bits per heavy atom. The Labute approximate surface area is 112 Å². The van der Waals surface area contributed by atoms with E-state index >= 15 is 0 Å². The highest BCUT2D eigenvalue weighted by Crippen LogP contribution is 2.27. The summed E-state index contributed by atoms with van der Waals surface area (Å²) in [5.41, 5.74) is 2.53. The van der Waals surface area contributed by atoms with Crippen LogP contribution in [0.15, 0.2) is 6.07 Å². The molecule has 102 valence electrons. The van der Waals surface area contributed by atoms with Gasteiger partial charge in [-0.1, -0.05) is 0 Å². The number of fused-ring (bicyclic) bond motifs is 1. The minimum atomic E-state index is -0.887. The highest BCUT2D eigenvalue weighted by atomic mass is 16.5.